The van der Waals surface area contributed by atoms with Gasteiger partial charge in [0.1, 0.15) is 0 Å². The van der Waals surface area contributed by atoms with E-state index in [1.165, 1.54) is 0 Å². The molecule has 0 aromatic rings. The SMILES string of the molecule is C=CC.NCCNCCNCCNCCN. The van der Waals surface area contributed by atoms with Crippen LogP contribution in [0.1, 0.15) is 6.92 Å². The van der Waals surface area contributed by atoms with Gasteiger partial charge in [0, 0.05) is 52.4 Å². The van der Waals surface area contributed by atoms with Crippen molar-refractivity contribution in [2.45, 2.75) is 6.92 Å². The van der Waals surface area contributed by atoms with Crippen molar-refractivity contribution in [2.75, 3.05) is 52.4 Å². The van der Waals surface area contributed by atoms with Crippen LogP contribution in [0.2, 0.25) is 0 Å². The zero-order valence-corrected chi connectivity index (χ0v) is 10.6. The van der Waals surface area contributed by atoms with Crippen LogP contribution < -0.4 is 27.4 Å². The van der Waals surface area contributed by atoms with Gasteiger partial charge in [0.05, 0.1) is 0 Å². The molecule has 5 heteroatoms. The molecule has 0 atom stereocenters. The molecule has 0 radical (unpaired) electrons. The third-order valence-electron chi connectivity index (χ3n) is 1.60. The molecule has 0 saturated carbocycles. The first-order chi connectivity index (χ1) is 7.83. The fourth-order valence-electron chi connectivity index (χ4n) is 0.933. The normalized spacial score (nSPS) is 9.44. The zero-order chi connectivity index (χ0) is 12.5. The van der Waals surface area contributed by atoms with Crippen molar-refractivity contribution in [1.29, 1.82) is 0 Å². The molecule has 98 valence electrons. The Bertz CT molecular complexity index is 109. The molecule has 0 unspecified atom stereocenters. The van der Waals surface area contributed by atoms with Crippen LogP contribution in [0.5, 0.6) is 0 Å². The second-order valence-corrected chi connectivity index (χ2v) is 3.24. The molecule has 0 bridgehead atoms. The summed E-state index contributed by atoms with van der Waals surface area (Å²) in [5.41, 5.74) is 10.6. The molecule has 7 N–H and O–H groups in total. The number of rotatable bonds is 10. The van der Waals surface area contributed by atoms with Crippen LogP contribution in [0.3, 0.4) is 0 Å². The molecule has 5 nitrogen and oxygen atoms in total. The Kier molecular flexibility index (Phi) is 22.4. The van der Waals surface area contributed by atoms with E-state index in [-0.39, 0.29) is 0 Å². The first kappa shape index (κ1) is 17.9. The van der Waals surface area contributed by atoms with Crippen molar-refractivity contribution in [2.24, 2.45) is 11.5 Å². The third-order valence-corrected chi connectivity index (χ3v) is 1.60. The molecule has 16 heavy (non-hydrogen) atoms. The summed E-state index contributed by atoms with van der Waals surface area (Å²) < 4.78 is 0. The molecular weight excluding hydrogens is 202 g/mol. The average Bonchev–Trinajstić information content (AvgIpc) is 2.28. The van der Waals surface area contributed by atoms with Crippen LogP contribution in [0.25, 0.3) is 0 Å². The summed E-state index contributed by atoms with van der Waals surface area (Å²) in [6.45, 7) is 12.4. The minimum Gasteiger partial charge on any atom is -0.329 e. The van der Waals surface area contributed by atoms with Crippen LogP contribution >= 0.6 is 0 Å². The molecule has 0 spiro atoms. The Morgan fingerprint density at radius 3 is 1.31 bits per heavy atom. The lowest BCUT2D eigenvalue weighted by atomic mass is 10.5. The zero-order valence-electron chi connectivity index (χ0n) is 10.6. The lowest BCUT2D eigenvalue weighted by Crippen LogP contribution is -2.35. The van der Waals surface area contributed by atoms with Crippen LogP contribution in [-0.2, 0) is 0 Å². The quantitative estimate of drug-likeness (QED) is 0.242. The fraction of sp³-hybridized carbons (Fsp3) is 0.818. The van der Waals surface area contributed by atoms with Crippen molar-refractivity contribution in [3.05, 3.63) is 12.7 Å². The molecule has 0 rings (SSSR count). The van der Waals surface area contributed by atoms with E-state index in [0.29, 0.717) is 13.1 Å². The molecular formula is C11H29N5. The van der Waals surface area contributed by atoms with E-state index in [9.17, 15) is 0 Å². The van der Waals surface area contributed by atoms with E-state index >= 15 is 0 Å². The highest BCUT2D eigenvalue weighted by Crippen LogP contribution is 1.60. The Labute approximate surface area is 100 Å². The van der Waals surface area contributed by atoms with Gasteiger partial charge in [-0.25, -0.2) is 0 Å². The summed E-state index contributed by atoms with van der Waals surface area (Å²) in [6, 6.07) is 0. The monoisotopic (exact) mass is 231 g/mol. The molecule has 0 amide bonds. The number of hydrogen-bond acceptors (Lipinski definition) is 5. The van der Waals surface area contributed by atoms with Gasteiger partial charge in [-0.05, 0) is 6.92 Å². The van der Waals surface area contributed by atoms with Crippen molar-refractivity contribution in [3.8, 4) is 0 Å². The van der Waals surface area contributed by atoms with Gasteiger partial charge < -0.3 is 27.4 Å². The van der Waals surface area contributed by atoms with Gasteiger partial charge in [-0.2, -0.15) is 0 Å². The molecule has 0 saturated heterocycles. The minimum absolute atomic E-state index is 0.706. The van der Waals surface area contributed by atoms with Crippen LogP contribution in [0.15, 0.2) is 12.7 Å². The second kappa shape index (κ2) is 20.0. The van der Waals surface area contributed by atoms with Gasteiger partial charge in [-0.3, -0.25) is 0 Å². The Morgan fingerprint density at radius 2 is 1.06 bits per heavy atom. The van der Waals surface area contributed by atoms with E-state index in [1.54, 1.807) is 6.08 Å². The van der Waals surface area contributed by atoms with Crippen molar-refractivity contribution < 1.29 is 0 Å². The lowest BCUT2D eigenvalue weighted by Gasteiger charge is -2.06. The van der Waals surface area contributed by atoms with E-state index in [0.717, 1.165) is 39.3 Å². The third kappa shape index (κ3) is 23.4. The molecule has 0 aliphatic rings. The van der Waals surface area contributed by atoms with E-state index < -0.39 is 0 Å². The van der Waals surface area contributed by atoms with Crippen LogP contribution in [-0.4, -0.2) is 52.4 Å². The van der Waals surface area contributed by atoms with Crippen molar-refractivity contribution in [1.82, 2.24) is 16.0 Å². The smallest absolute Gasteiger partial charge is 0.00772 e. The maximum Gasteiger partial charge on any atom is 0.00772 e. The highest BCUT2D eigenvalue weighted by molar-refractivity contribution is 4.55. The van der Waals surface area contributed by atoms with Crippen LogP contribution in [0, 0.1) is 0 Å². The molecule has 0 fully saturated rings. The van der Waals surface area contributed by atoms with E-state index in [4.69, 9.17) is 11.5 Å². The van der Waals surface area contributed by atoms with Gasteiger partial charge in [0.2, 0.25) is 0 Å². The first-order valence-electron chi connectivity index (χ1n) is 5.92. The predicted octanol–water partition coefficient (Wildman–Crippen LogP) is -1.14. The molecule has 0 aromatic carbocycles. The molecule has 0 heterocycles. The summed E-state index contributed by atoms with van der Waals surface area (Å²) in [5, 5.41) is 9.71. The maximum absolute atomic E-state index is 5.32. The number of nitrogens with one attached hydrogen (secondary N) is 3. The molecule has 0 aliphatic heterocycles. The van der Waals surface area contributed by atoms with Gasteiger partial charge in [-0.1, -0.05) is 6.08 Å². The van der Waals surface area contributed by atoms with E-state index in [1.807, 2.05) is 6.92 Å². The number of nitrogens with two attached hydrogens (primary N) is 2. The summed E-state index contributed by atoms with van der Waals surface area (Å²) in [6.07, 6.45) is 1.75. The number of hydrogen-bond donors (Lipinski definition) is 5. The van der Waals surface area contributed by atoms with Gasteiger partial charge in [0.25, 0.3) is 0 Å². The summed E-state index contributed by atoms with van der Waals surface area (Å²) in [7, 11) is 0. The Morgan fingerprint density at radius 1 is 0.812 bits per heavy atom. The largest absolute Gasteiger partial charge is 0.329 e. The van der Waals surface area contributed by atoms with Crippen molar-refractivity contribution >= 4 is 0 Å². The second-order valence-electron chi connectivity index (χ2n) is 3.24. The lowest BCUT2D eigenvalue weighted by molar-refractivity contribution is 0.586. The summed E-state index contributed by atoms with van der Waals surface area (Å²) >= 11 is 0. The van der Waals surface area contributed by atoms with Gasteiger partial charge >= 0.3 is 0 Å². The van der Waals surface area contributed by atoms with E-state index in [2.05, 4.69) is 22.5 Å². The predicted molar refractivity (Wildman–Crippen MR) is 72.6 cm³/mol. The number of allylic oxidation sites excluding steroid dienone is 1. The van der Waals surface area contributed by atoms with Gasteiger partial charge in [-0.15, -0.1) is 6.58 Å². The fourth-order valence-corrected chi connectivity index (χ4v) is 0.933. The standard InChI is InChI=1S/C8H23N5.C3H6/c9-1-3-11-5-7-13-8-6-12-4-2-10;1-3-2/h11-13H,1-10H2;3H,1H2,2H3. The first-order valence-corrected chi connectivity index (χ1v) is 5.92. The Balaban J connectivity index is 0. The highest BCUT2D eigenvalue weighted by atomic mass is 15.0. The Hall–Kier alpha value is -0.460. The van der Waals surface area contributed by atoms with Gasteiger partial charge in [0.15, 0.2) is 0 Å². The highest BCUT2D eigenvalue weighted by Gasteiger charge is 1.87. The summed E-state index contributed by atoms with van der Waals surface area (Å²) in [4.78, 5) is 0. The molecule has 0 aromatic heterocycles. The molecule has 0 aliphatic carbocycles. The summed E-state index contributed by atoms with van der Waals surface area (Å²) in [5.74, 6) is 0. The average molecular weight is 231 g/mol. The van der Waals surface area contributed by atoms with Crippen molar-refractivity contribution in [3.63, 3.8) is 0 Å². The minimum atomic E-state index is 0.706. The maximum atomic E-state index is 5.32. The van der Waals surface area contributed by atoms with Crippen LogP contribution in [0.4, 0.5) is 0 Å². The topological polar surface area (TPSA) is 88.1 Å².